The van der Waals surface area contributed by atoms with E-state index in [0.717, 1.165) is 37.3 Å². The molecule has 7 heteroatoms. The molecule has 1 aliphatic heterocycles. The highest BCUT2D eigenvalue weighted by Crippen LogP contribution is 2.34. The first-order valence-corrected chi connectivity index (χ1v) is 8.47. The van der Waals surface area contributed by atoms with Crippen LogP contribution in [0.1, 0.15) is 29.6 Å². The van der Waals surface area contributed by atoms with Gasteiger partial charge in [0.05, 0.1) is 23.3 Å². The van der Waals surface area contributed by atoms with Gasteiger partial charge in [-0.05, 0) is 37.5 Å². The number of nitrogen functional groups attached to an aromatic ring is 1. The molecule has 3 aromatic rings. The fourth-order valence-electron chi connectivity index (χ4n) is 3.31. The Labute approximate surface area is 145 Å². The first-order valence-electron chi connectivity index (χ1n) is 8.47. The summed E-state index contributed by atoms with van der Waals surface area (Å²) in [5.74, 6) is -0.238. The number of carbonyl (C=O) groups excluding carboxylic acids is 1. The zero-order valence-electron chi connectivity index (χ0n) is 13.9. The van der Waals surface area contributed by atoms with Crippen LogP contribution in [-0.2, 0) is 0 Å². The second-order valence-electron chi connectivity index (χ2n) is 6.19. The summed E-state index contributed by atoms with van der Waals surface area (Å²) in [6.45, 7) is 1.91. The SMILES string of the molecule is Nc1cccc(NC(=O)c2cnn3cccnc23)c1N1CCCCC1. The number of hydrogen-bond acceptors (Lipinski definition) is 5. The average molecular weight is 336 g/mol. The van der Waals surface area contributed by atoms with E-state index in [2.05, 4.69) is 20.3 Å². The highest BCUT2D eigenvalue weighted by molar-refractivity contribution is 6.10. The molecule has 4 rings (SSSR count). The summed E-state index contributed by atoms with van der Waals surface area (Å²) in [6.07, 6.45) is 8.45. The van der Waals surface area contributed by atoms with Crippen LogP contribution in [0.25, 0.3) is 5.65 Å². The lowest BCUT2D eigenvalue weighted by Crippen LogP contribution is -2.31. The van der Waals surface area contributed by atoms with Crippen molar-refractivity contribution in [2.24, 2.45) is 0 Å². The summed E-state index contributed by atoms with van der Waals surface area (Å²) in [6, 6.07) is 7.38. The Morgan fingerprint density at radius 2 is 2.00 bits per heavy atom. The molecule has 1 fully saturated rings. The van der Waals surface area contributed by atoms with Crippen LogP contribution in [0.15, 0.2) is 42.9 Å². The minimum atomic E-state index is -0.238. The molecule has 1 saturated heterocycles. The Kier molecular flexibility index (Phi) is 3.97. The van der Waals surface area contributed by atoms with Gasteiger partial charge >= 0.3 is 0 Å². The van der Waals surface area contributed by atoms with Gasteiger partial charge in [0, 0.05) is 25.5 Å². The first-order chi connectivity index (χ1) is 12.2. The molecule has 0 spiro atoms. The Morgan fingerprint density at radius 1 is 1.16 bits per heavy atom. The summed E-state index contributed by atoms with van der Waals surface area (Å²) in [5, 5.41) is 7.16. The number of aromatic nitrogens is 3. The van der Waals surface area contributed by atoms with Crippen molar-refractivity contribution in [3.8, 4) is 0 Å². The molecule has 0 radical (unpaired) electrons. The lowest BCUT2D eigenvalue weighted by Gasteiger charge is -2.31. The molecule has 0 aliphatic carbocycles. The highest BCUT2D eigenvalue weighted by Gasteiger charge is 2.20. The topological polar surface area (TPSA) is 88.5 Å². The first kappa shape index (κ1) is 15.4. The van der Waals surface area contributed by atoms with Gasteiger partial charge in [0.1, 0.15) is 5.56 Å². The van der Waals surface area contributed by atoms with Crippen molar-refractivity contribution in [3.63, 3.8) is 0 Å². The number of para-hydroxylation sites is 1. The van der Waals surface area contributed by atoms with E-state index in [-0.39, 0.29) is 5.91 Å². The maximum Gasteiger partial charge on any atom is 0.261 e. The normalized spacial score (nSPS) is 14.6. The molecule has 7 nitrogen and oxygen atoms in total. The molecule has 3 heterocycles. The van der Waals surface area contributed by atoms with Crippen LogP contribution in [0.3, 0.4) is 0 Å². The van der Waals surface area contributed by atoms with Crippen molar-refractivity contribution in [3.05, 3.63) is 48.4 Å². The van der Waals surface area contributed by atoms with Gasteiger partial charge in [-0.15, -0.1) is 0 Å². The number of piperidine rings is 1. The van der Waals surface area contributed by atoms with E-state index in [4.69, 9.17) is 5.73 Å². The molecular formula is C18H20N6O. The minimum Gasteiger partial charge on any atom is -0.397 e. The largest absolute Gasteiger partial charge is 0.397 e. The molecule has 1 aromatic carbocycles. The lowest BCUT2D eigenvalue weighted by atomic mass is 10.1. The predicted octanol–water partition coefficient (Wildman–Crippen LogP) is 2.55. The third-order valence-corrected chi connectivity index (χ3v) is 4.51. The molecule has 0 bridgehead atoms. The summed E-state index contributed by atoms with van der Waals surface area (Å²) in [7, 11) is 0. The van der Waals surface area contributed by atoms with E-state index in [1.165, 1.54) is 12.6 Å². The van der Waals surface area contributed by atoms with E-state index < -0.39 is 0 Å². The minimum absolute atomic E-state index is 0.238. The quantitative estimate of drug-likeness (QED) is 0.718. The van der Waals surface area contributed by atoms with Crippen LogP contribution >= 0.6 is 0 Å². The molecule has 25 heavy (non-hydrogen) atoms. The Hall–Kier alpha value is -3.09. The van der Waals surface area contributed by atoms with Crippen molar-refractivity contribution in [2.75, 3.05) is 29.0 Å². The third-order valence-electron chi connectivity index (χ3n) is 4.51. The van der Waals surface area contributed by atoms with Gasteiger partial charge in [-0.1, -0.05) is 6.07 Å². The predicted molar refractivity (Wildman–Crippen MR) is 97.9 cm³/mol. The lowest BCUT2D eigenvalue weighted by molar-refractivity contribution is 0.102. The number of carbonyl (C=O) groups is 1. The molecule has 1 amide bonds. The van der Waals surface area contributed by atoms with Gasteiger partial charge < -0.3 is 16.0 Å². The summed E-state index contributed by atoms with van der Waals surface area (Å²) in [4.78, 5) is 19.3. The zero-order valence-corrected chi connectivity index (χ0v) is 13.9. The number of benzene rings is 1. The third kappa shape index (κ3) is 2.88. The summed E-state index contributed by atoms with van der Waals surface area (Å²) in [5.41, 5.74) is 9.49. The van der Waals surface area contributed by atoms with Gasteiger partial charge in [-0.3, -0.25) is 4.79 Å². The van der Waals surface area contributed by atoms with Crippen molar-refractivity contribution >= 4 is 28.6 Å². The van der Waals surface area contributed by atoms with Crippen molar-refractivity contribution in [1.29, 1.82) is 0 Å². The molecule has 1 aliphatic rings. The van der Waals surface area contributed by atoms with Gasteiger partial charge in [0.25, 0.3) is 5.91 Å². The standard InChI is InChI=1S/C18H20N6O/c19-14-6-4-7-15(16(14)23-9-2-1-3-10-23)22-18(25)13-12-21-24-11-5-8-20-17(13)24/h4-8,11-12H,1-3,9-10,19H2,(H,22,25). The fourth-order valence-corrected chi connectivity index (χ4v) is 3.31. The van der Waals surface area contributed by atoms with E-state index in [9.17, 15) is 4.79 Å². The highest BCUT2D eigenvalue weighted by atomic mass is 16.1. The number of nitrogens with zero attached hydrogens (tertiary/aromatic N) is 4. The van der Waals surface area contributed by atoms with Crippen molar-refractivity contribution in [2.45, 2.75) is 19.3 Å². The molecule has 3 N–H and O–H groups in total. The fraction of sp³-hybridized carbons (Fsp3) is 0.278. The van der Waals surface area contributed by atoms with Crippen LogP contribution in [0.4, 0.5) is 17.1 Å². The van der Waals surface area contributed by atoms with Crippen LogP contribution < -0.4 is 16.0 Å². The number of nitrogens with one attached hydrogen (secondary N) is 1. The number of hydrogen-bond donors (Lipinski definition) is 2. The van der Waals surface area contributed by atoms with Gasteiger partial charge in [-0.2, -0.15) is 5.10 Å². The van der Waals surface area contributed by atoms with Crippen LogP contribution in [0, 0.1) is 0 Å². The Morgan fingerprint density at radius 3 is 2.84 bits per heavy atom. The van der Waals surface area contributed by atoms with Gasteiger partial charge in [0.15, 0.2) is 5.65 Å². The van der Waals surface area contributed by atoms with E-state index >= 15 is 0 Å². The molecule has 0 unspecified atom stereocenters. The number of nitrogens with two attached hydrogens (primary N) is 1. The maximum absolute atomic E-state index is 12.8. The number of rotatable bonds is 3. The molecular weight excluding hydrogens is 316 g/mol. The van der Waals surface area contributed by atoms with Crippen LogP contribution in [-0.4, -0.2) is 33.6 Å². The summed E-state index contributed by atoms with van der Waals surface area (Å²) < 4.78 is 1.58. The number of anilines is 3. The number of fused-ring (bicyclic) bond motifs is 1. The smallest absolute Gasteiger partial charge is 0.261 e. The average Bonchev–Trinajstić information content (AvgIpc) is 3.07. The van der Waals surface area contributed by atoms with E-state index in [0.29, 0.717) is 16.9 Å². The maximum atomic E-state index is 12.8. The summed E-state index contributed by atoms with van der Waals surface area (Å²) >= 11 is 0. The van der Waals surface area contributed by atoms with Crippen molar-refractivity contribution < 1.29 is 4.79 Å². The molecule has 0 atom stereocenters. The number of amides is 1. The van der Waals surface area contributed by atoms with Gasteiger partial charge in [-0.25, -0.2) is 9.50 Å². The Bertz CT molecular complexity index is 913. The van der Waals surface area contributed by atoms with E-state index in [1.54, 1.807) is 23.0 Å². The molecule has 0 saturated carbocycles. The second kappa shape index (κ2) is 6.43. The zero-order chi connectivity index (χ0) is 17.2. The monoisotopic (exact) mass is 336 g/mol. The molecule has 2 aromatic heterocycles. The van der Waals surface area contributed by atoms with Crippen LogP contribution in [0.5, 0.6) is 0 Å². The Balaban J connectivity index is 1.66. The van der Waals surface area contributed by atoms with Crippen molar-refractivity contribution in [1.82, 2.24) is 14.6 Å². The second-order valence-corrected chi connectivity index (χ2v) is 6.19. The van der Waals surface area contributed by atoms with Gasteiger partial charge in [0.2, 0.25) is 0 Å². The molecule has 128 valence electrons. The van der Waals surface area contributed by atoms with Crippen LogP contribution in [0.2, 0.25) is 0 Å². The van der Waals surface area contributed by atoms with E-state index in [1.807, 2.05) is 18.2 Å².